The number of fused-ring (bicyclic) bond motifs is 1. The van der Waals surface area contributed by atoms with Crippen molar-refractivity contribution in [2.45, 2.75) is 90.9 Å². The molecule has 0 saturated carbocycles. The van der Waals surface area contributed by atoms with Crippen LogP contribution in [0.5, 0.6) is 5.75 Å². The molecule has 39 heavy (non-hydrogen) atoms. The normalized spacial score (nSPS) is 12.7. The summed E-state index contributed by atoms with van der Waals surface area (Å²) in [5.41, 5.74) is 4.32. The van der Waals surface area contributed by atoms with Crippen LogP contribution in [0.4, 0.5) is 0 Å². The molecule has 0 aliphatic heterocycles. The summed E-state index contributed by atoms with van der Waals surface area (Å²) in [6.07, 6.45) is 9.45. The summed E-state index contributed by atoms with van der Waals surface area (Å²) >= 11 is 0. The van der Waals surface area contributed by atoms with Crippen LogP contribution in [0.25, 0.3) is 22.1 Å². The van der Waals surface area contributed by atoms with E-state index in [0.29, 0.717) is 41.9 Å². The minimum absolute atomic E-state index is 0.320. The van der Waals surface area contributed by atoms with Crippen molar-refractivity contribution in [3.05, 3.63) is 76.7 Å². The zero-order valence-electron chi connectivity index (χ0n) is 24.1. The van der Waals surface area contributed by atoms with Gasteiger partial charge in [0.1, 0.15) is 11.3 Å². The van der Waals surface area contributed by atoms with E-state index in [1.807, 2.05) is 24.3 Å². The Labute approximate surface area is 233 Å². The number of rotatable bonds is 16. The minimum atomic E-state index is -0.358. The second-order valence-corrected chi connectivity index (χ2v) is 10.5. The molecule has 0 bridgehead atoms. The summed E-state index contributed by atoms with van der Waals surface area (Å²) in [6.45, 7) is 13.3. The molecule has 2 unspecified atom stereocenters. The lowest BCUT2D eigenvalue weighted by Crippen LogP contribution is -2.07. The molecule has 0 radical (unpaired) electrons. The fourth-order valence-corrected chi connectivity index (χ4v) is 4.70. The summed E-state index contributed by atoms with van der Waals surface area (Å²) in [4.78, 5) is 24.1. The molecule has 0 amide bonds. The van der Waals surface area contributed by atoms with E-state index in [4.69, 9.17) is 13.9 Å². The van der Waals surface area contributed by atoms with Crippen LogP contribution in [0.2, 0.25) is 0 Å². The standard InChI is InChI=1S/C34H44O5/c1-6-24(4)26-16-18-29(30(21-26)25(5)7-2)31-22-27-15-17-28(23-32(27)39-34(31)36)37-19-13-11-9-10-12-14-20-38-33(35)8-3/h8,15-18,21-25H,3,6-7,9-14,19-20H2,1-2,4-5H3. The van der Waals surface area contributed by atoms with E-state index >= 15 is 0 Å². The van der Waals surface area contributed by atoms with Gasteiger partial charge >= 0.3 is 11.6 Å². The molecular formula is C34H44O5. The van der Waals surface area contributed by atoms with Crippen LogP contribution >= 0.6 is 0 Å². The summed E-state index contributed by atoms with van der Waals surface area (Å²) < 4.78 is 16.7. The number of carbonyl (C=O) groups is 1. The Morgan fingerprint density at radius 3 is 2.26 bits per heavy atom. The van der Waals surface area contributed by atoms with Crippen molar-refractivity contribution in [3.63, 3.8) is 0 Å². The molecule has 5 heteroatoms. The van der Waals surface area contributed by atoms with E-state index in [-0.39, 0.29) is 11.6 Å². The van der Waals surface area contributed by atoms with Crippen molar-refractivity contribution in [2.24, 2.45) is 0 Å². The Kier molecular flexibility index (Phi) is 11.9. The first-order chi connectivity index (χ1) is 18.9. The van der Waals surface area contributed by atoms with E-state index in [1.165, 1.54) is 17.2 Å². The molecular weight excluding hydrogens is 488 g/mol. The van der Waals surface area contributed by atoms with Gasteiger partial charge in [-0.3, -0.25) is 0 Å². The number of esters is 1. The second kappa shape index (κ2) is 15.3. The molecule has 1 aromatic heterocycles. The zero-order valence-corrected chi connectivity index (χ0v) is 24.1. The zero-order chi connectivity index (χ0) is 28.2. The van der Waals surface area contributed by atoms with Crippen molar-refractivity contribution < 1.29 is 18.7 Å². The van der Waals surface area contributed by atoms with Crippen LogP contribution < -0.4 is 10.4 Å². The average Bonchev–Trinajstić information content (AvgIpc) is 2.96. The average molecular weight is 533 g/mol. The molecule has 0 N–H and O–H groups in total. The molecule has 1 heterocycles. The Morgan fingerprint density at radius 1 is 0.872 bits per heavy atom. The van der Waals surface area contributed by atoms with Gasteiger partial charge in [-0.25, -0.2) is 9.59 Å². The molecule has 0 saturated heterocycles. The molecule has 0 aliphatic rings. The smallest absolute Gasteiger partial charge is 0.344 e. The van der Waals surface area contributed by atoms with Gasteiger partial charge < -0.3 is 13.9 Å². The highest BCUT2D eigenvalue weighted by Crippen LogP contribution is 2.34. The fraction of sp³-hybridized carbons (Fsp3) is 0.471. The van der Waals surface area contributed by atoms with Gasteiger partial charge in [0.15, 0.2) is 0 Å². The van der Waals surface area contributed by atoms with E-state index in [1.54, 1.807) is 0 Å². The first-order valence-corrected chi connectivity index (χ1v) is 14.5. The molecule has 5 nitrogen and oxygen atoms in total. The van der Waals surface area contributed by atoms with Gasteiger partial charge in [0, 0.05) is 17.5 Å². The highest BCUT2D eigenvalue weighted by Gasteiger charge is 2.17. The number of unbranched alkanes of at least 4 members (excludes halogenated alkanes) is 5. The maximum Gasteiger partial charge on any atom is 0.344 e. The Balaban J connectivity index is 1.60. The van der Waals surface area contributed by atoms with Gasteiger partial charge in [0.2, 0.25) is 0 Å². The Hall–Kier alpha value is -3.34. The fourth-order valence-electron chi connectivity index (χ4n) is 4.70. The second-order valence-electron chi connectivity index (χ2n) is 10.5. The molecule has 3 aromatic rings. The van der Waals surface area contributed by atoms with Crippen LogP contribution in [-0.2, 0) is 9.53 Å². The molecule has 210 valence electrons. The number of ether oxygens (including phenoxy) is 2. The van der Waals surface area contributed by atoms with Crippen molar-refractivity contribution in [3.8, 4) is 16.9 Å². The lowest BCUT2D eigenvalue weighted by molar-refractivity contribution is -0.137. The predicted molar refractivity (Wildman–Crippen MR) is 160 cm³/mol. The van der Waals surface area contributed by atoms with Crippen LogP contribution in [-0.4, -0.2) is 19.2 Å². The lowest BCUT2D eigenvalue weighted by atomic mass is 9.86. The minimum Gasteiger partial charge on any atom is -0.493 e. The van der Waals surface area contributed by atoms with Crippen LogP contribution in [0.1, 0.15) is 102 Å². The van der Waals surface area contributed by atoms with Crippen LogP contribution in [0.3, 0.4) is 0 Å². The first kappa shape index (κ1) is 30.2. The first-order valence-electron chi connectivity index (χ1n) is 14.5. The van der Waals surface area contributed by atoms with E-state index in [0.717, 1.165) is 62.3 Å². The quantitative estimate of drug-likeness (QED) is 0.0797. The van der Waals surface area contributed by atoms with E-state index in [2.05, 4.69) is 52.5 Å². The largest absolute Gasteiger partial charge is 0.493 e. The van der Waals surface area contributed by atoms with Gasteiger partial charge in [0.25, 0.3) is 0 Å². The van der Waals surface area contributed by atoms with E-state index in [9.17, 15) is 9.59 Å². The molecule has 0 spiro atoms. The van der Waals surface area contributed by atoms with E-state index < -0.39 is 0 Å². The van der Waals surface area contributed by atoms with Gasteiger partial charge in [-0.05, 0) is 72.4 Å². The molecule has 2 aromatic carbocycles. The maximum atomic E-state index is 13.1. The monoisotopic (exact) mass is 532 g/mol. The number of hydrogen-bond donors (Lipinski definition) is 0. The third-order valence-electron chi connectivity index (χ3n) is 7.62. The highest BCUT2D eigenvalue weighted by molar-refractivity contribution is 5.83. The molecule has 0 fully saturated rings. The molecule has 2 atom stereocenters. The van der Waals surface area contributed by atoms with Crippen LogP contribution in [0, 0.1) is 0 Å². The lowest BCUT2D eigenvalue weighted by Gasteiger charge is -2.19. The number of hydrogen-bond acceptors (Lipinski definition) is 5. The topological polar surface area (TPSA) is 65.7 Å². The summed E-state index contributed by atoms with van der Waals surface area (Å²) in [5, 5.41) is 0.886. The number of benzene rings is 2. The third kappa shape index (κ3) is 8.58. The van der Waals surface area contributed by atoms with Gasteiger partial charge in [-0.2, -0.15) is 0 Å². The van der Waals surface area contributed by atoms with Gasteiger partial charge in [0.05, 0.1) is 18.8 Å². The summed E-state index contributed by atoms with van der Waals surface area (Å²) in [7, 11) is 0. The Bertz CT molecular complexity index is 1290. The van der Waals surface area contributed by atoms with Gasteiger partial charge in [-0.15, -0.1) is 0 Å². The summed E-state index contributed by atoms with van der Waals surface area (Å²) in [5.74, 6) is 1.18. The van der Waals surface area contributed by atoms with Crippen molar-refractivity contribution >= 4 is 16.9 Å². The SMILES string of the molecule is C=CC(=O)OCCCCCCCCOc1ccc2cc(-c3ccc(C(C)CC)cc3C(C)CC)c(=O)oc2c1. The third-order valence-corrected chi connectivity index (χ3v) is 7.62. The van der Waals surface area contributed by atoms with Crippen molar-refractivity contribution in [1.29, 1.82) is 0 Å². The number of carbonyl (C=O) groups excluding carboxylic acids is 1. The Morgan fingerprint density at radius 2 is 1.56 bits per heavy atom. The predicted octanol–water partition coefficient (Wildman–Crippen LogP) is 8.94. The van der Waals surface area contributed by atoms with Crippen molar-refractivity contribution in [2.75, 3.05) is 13.2 Å². The summed E-state index contributed by atoms with van der Waals surface area (Å²) in [6, 6.07) is 14.2. The van der Waals surface area contributed by atoms with Crippen LogP contribution in [0.15, 0.2) is 64.3 Å². The van der Waals surface area contributed by atoms with Gasteiger partial charge in [-0.1, -0.05) is 78.2 Å². The maximum absolute atomic E-state index is 13.1. The molecule has 3 rings (SSSR count). The van der Waals surface area contributed by atoms with Crippen molar-refractivity contribution in [1.82, 2.24) is 0 Å². The molecule has 0 aliphatic carbocycles. The highest BCUT2D eigenvalue weighted by atomic mass is 16.5.